The summed E-state index contributed by atoms with van der Waals surface area (Å²) in [4.78, 5) is 0. The maximum atomic E-state index is 13.3. The van der Waals surface area contributed by atoms with Gasteiger partial charge in [0.15, 0.2) is 0 Å². The molecule has 0 bridgehead atoms. The smallest absolute Gasteiger partial charge is 0.125 e. The van der Waals surface area contributed by atoms with E-state index in [2.05, 4.69) is 5.32 Å². The topological polar surface area (TPSA) is 17.0 Å². The Bertz CT molecular complexity index is 736. The summed E-state index contributed by atoms with van der Waals surface area (Å²) in [6.07, 6.45) is 1.98. The van der Waals surface area contributed by atoms with E-state index in [1.54, 1.807) is 12.1 Å². The van der Waals surface area contributed by atoms with Gasteiger partial charge in [-0.1, -0.05) is 17.7 Å². The molecule has 2 nitrogen and oxygen atoms in total. The number of anilines is 1. The van der Waals surface area contributed by atoms with Gasteiger partial charge in [0.05, 0.1) is 5.52 Å². The zero-order chi connectivity index (χ0) is 13.9. The van der Waals surface area contributed by atoms with Crippen molar-refractivity contribution in [3.8, 4) is 0 Å². The van der Waals surface area contributed by atoms with Crippen LogP contribution in [0.4, 0.5) is 10.1 Å². The van der Waals surface area contributed by atoms with Gasteiger partial charge in [-0.15, -0.1) is 0 Å². The zero-order valence-corrected chi connectivity index (χ0v) is 11.6. The van der Waals surface area contributed by atoms with Crippen LogP contribution >= 0.6 is 11.6 Å². The summed E-state index contributed by atoms with van der Waals surface area (Å²) in [6, 6.07) is 14.4. The van der Waals surface area contributed by atoms with Gasteiger partial charge in [-0.3, -0.25) is 0 Å². The number of nitrogens with zero attached hydrogens (tertiary/aromatic N) is 1. The number of benzene rings is 2. The molecule has 0 unspecified atom stereocenters. The molecule has 0 atom stereocenters. The van der Waals surface area contributed by atoms with Gasteiger partial charge in [-0.05, 0) is 47.9 Å². The third kappa shape index (κ3) is 2.78. The Labute approximate surface area is 121 Å². The highest BCUT2D eigenvalue weighted by atomic mass is 35.5. The van der Waals surface area contributed by atoms with E-state index in [0.29, 0.717) is 5.02 Å². The lowest BCUT2D eigenvalue weighted by Crippen LogP contribution is -2.09. The van der Waals surface area contributed by atoms with E-state index < -0.39 is 0 Å². The van der Waals surface area contributed by atoms with Crippen LogP contribution in [0.15, 0.2) is 54.7 Å². The lowest BCUT2D eigenvalue weighted by atomic mass is 10.2. The Morgan fingerprint density at radius 2 is 2.00 bits per heavy atom. The first-order valence-electron chi connectivity index (χ1n) is 6.46. The lowest BCUT2D eigenvalue weighted by Gasteiger charge is -2.09. The third-order valence-electron chi connectivity index (χ3n) is 3.24. The molecular weight excluding hydrogens is 275 g/mol. The van der Waals surface area contributed by atoms with Crippen LogP contribution in [0.2, 0.25) is 5.02 Å². The summed E-state index contributed by atoms with van der Waals surface area (Å²) in [7, 11) is 0. The van der Waals surface area contributed by atoms with E-state index in [9.17, 15) is 4.39 Å². The Kier molecular flexibility index (Phi) is 3.61. The number of aromatic nitrogens is 1. The van der Waals surface area contributed by atoms with Crippen molar-refractivity contribution in [2.24, 2.45) is 0 Å². The molecule has 0 aliphatic rings. The summed E-state index contributed by atoms with van der Waals surface area (Å²) >= 11 is 5.93. The Morgan fingerprint density at radius 3 is 2.85 bits per heavy atom. The molecule has 0 radical (unpaired) electrons. The lowest BCUT2D eigenvalue weighted by molar-refractivity contribution is 0.628. The fraction of sp³-hybridized carbons (Fsp3) is 0.125. The molecule has 4 heteroatoms. The van der Waals surface area contributed by atoms with Crippen molar-refractivity contribution in [2.45, 2.75) is 6.54 Å². The van der Waals surface area contributed by atoms with Crippen LogP contribution in [0.1, 0.15) is 0 Å². The number of halogens is 2. The van der Waals surface area contributed by atoms with Gasteiger partial charge in [-0.2, -0.15) is 0 Å². The van der Waals surface area contributed by atoms with Gasteiger partial charge in [0.25, 0.3) is 0 Å². The first-order chi connectivity index (χ1) is 9.72. The molecule has 3 aromatic rings. The minimum atomic E-state index is -0.208. The second-order valence-corrected chi connectivity index (χ2v) is 5.09. The molecular formula is C16H14ClFN2. The minimum absolute atomic E-state index is 0.208. The minimum Gasteiger partial charge on any atom is -0.383 e. The zero-order valence-electron chi connectivity index (χ0n) is 10.8. The number of hydrogen-bond acceptors (Lipinski definition) is 1. The monoisotopic (exact) mass is 288 g/mol. The molecule has 1 heterocycles. The van der Waals surface area contributed by atoms with E-state index in [0.717, 1.165) is 29.7 Å². The third-order valence-corrected chi connectivity index (χ3v) is 3.48. The first-order valence-corrected chi connectivity index (χ1v) is 6.84. The summed E-state index contributed by atoms with van der Waals surface area (Å²) in [5, 5.41) is 5.07. The summed E-state index contributed by atoms with van der Waals surface area (Å²) in [5.74, 6) is -0.208. The molecule has 0 saturated carbocycles. The van der Waals surface area contributed by atoms with Crippen molar-refractivity contribution in [1.82, 2.24) is 4.57 Å². The molecule has 0 fully saturated rings. The van der Waals surface area contributed by atoms with Crippen molar-refractivity contribution < 1.29 is 4.39 Å². The van der Waals surface area contributed by atoms with Crippen molar-refractivity contribution in [3.63, 3.8) is 0 Å². The molecule has 3 rings (SSSR count). The second kappa shape index (κ2) is 5.55. The molecule has 102 valence electrons. The highest BCUT2D eigenvalue weighted by molar-refractivity contribution is 6.30. The Balaban J connectivity index is 1.69. The average molecular weight is 289 g/mol. The van der Waals surface area contributed by atoms with Gasteiger partial charge in [0.2, 0.25) is 0 Å². The standard InChI is InChI=1S/C16H14ClFN2/c17-13-2-1-3-15(10-13)19-7-9-20-8-6-12-4-5-14(18)11-16(12)20/h1-6,8,10-11,19H,7,9H2. The normalized spacial score (nSPS) is 10.9. The summed E-state index contributed by atoms with van der Waals surface area (Å²) in [6.45, 7) is 1.51. The van der Waals surface area contributed by atoms with Crippen molar-refractivity contribution in [3.05, 3.63) is 65.6 Å². The number of fused-ring (bicyclic) bond motifs is 1. The van der Waals surface area contributed by atoms with Crippen LogP contribution in [-0.4, -0.2) is 11.1 Å². The molecule has 0 aliphatic heterocycles. The molecule has 2 aromatic carbocycles. The molecule has 0 saturated heterocycles. The van der Waals surface area contributed by atoms with E-state index in [1.807, 2.05) is 41.1 Å². The Hall–Kier alpha value is -2.00. The summed E-state index contributed by atoms with van der Waals surface area (Å²) in [5.41, 5.74) is 1.90. The van der Waals surface area contributed by atoms with Crippen LogP contribution in [0.25, 0.3) is 10.9 Å². The van der Waals surface area contributed by atoms with Crippen LogP contribution in [0.5, 0.6) is 0 Å². The highest BCUT2D eigenvalue weighted by Gasteiger charge is 2.02. The largest absolute Gasteiger partial charge is 0.383 e. The number of nitrogens with one attached hydrogen (secondary N) is 1. The van der Waals surface area contributed by atoms with Gasteiger partial charge in [-0.25, -0.2) is 4.39 Å². The number of hydrogen-bond donors (Lipinski definition) is 1. The first kappa shape index (κ1) is 13.0. The maximum Gasteiger partial charge on any atom is 0.125 e. The van der Waals surface area contributed by atoms with Crippen molar-refractivity contribution in [2.75, 3.05) is 11.9 Å². The van der Waals surface area contributed by atoms with Gasteiger partial charge in [0.1, 0.15) is 5.82 Å². The highest BCUT2D eigenvalue weighted by Crippen LogP contribution is 2.18. The van der Waals surface area contributed by atoms with Gasteiger partial charge < -0.3 is 9.88 Å². The SMILES string of the molecule is Fc1ccc2ccn(CCNc3cccc(Cl)c3)c2c1. The average Bonchev–Trinajstić information content (AvgIpc) is 2.82. The van der Waals surface area contributed by atoms with Gasteiger partial charge >= 0.3 is 0 Å². The second-order valence-electron chi connectivity index (χ2n) is 4.65. The van der Waals surface area contributed by atoms with E-state index in [-0.39, 0.29) is 5.82 Å². The maximum absolute atomic E-state index is 13.3. The molecule has 1 aromatic heterocycles. The molecule has 0 amide bonds. The van der Waals surface area contributed by atoms with E-state index >= 15 is 0 Å². The predicted octanol–water partition coefficient (Wildman–Crippen LogP) is 4.55. The molecule has 0 aliphatic carbocycles. The van der Waals surface area contributed by atoms with Crippen molar-refractivity contribution in [1.29, 1.82) is 0 Å². The van der Waals surface area contributed by atoms with Crippen LogP contribution in [0.3, 0.4) is 0 Å². The fourth-order valence-corrected chi connectivity index (χ4v) is 2.46. The van der Waals surface area contributed by atoms with Crippen LogP contribution < -0.4 is 5.32 Å². The Morgan fingerprint density at radius 1 is 1.10 bits per heavy atom. The molecule has 0 spiro atoms. The predicted molar refractivity (Wildman–Crippen MR) is 81.8 cm³/mol. The molecule has 20 heavy (non-hydrogen) atoms. The van der Waals surface area contributed by atoms with Crippen LogP contribution in [0, 0.1) is 5.82 Å². The van der Waals surface area contributed by atoms with E-state index in [4.69, 9.17) is 11.6 Å². The van der Waals surface area contributed by atoms with Crippen molar-refractivity contribution >= 4 is 28.2 Å². The van der Waals surface area contributed by atoms with E-state index in [1.165, 1.54) is 6.07 Å². The van der Waals surface area contributed by atoms with Gasteiger partial charge in [0, 0.05) is 30.0 Å². The summed E-state index contributed by atoms with van der Waals surface area (Å²) < 4.78 is 15.3. The quantitative estimate of drug-likeness (QED) is 0.745. The fourth-order valence-electron chi connectivity index (χ4n) is 2.27. The molecule has 1 N–H and O–H groups in total. The number of rotatable bonds is 4. The van der Waals surface area contributed by atoms with Crippen LogP contribution in [-0.2, 0) is 6.54 Å².